The van der Waals surface area contributed by atoms with E-state index in [1.165, 1.54) is 17.9 Å². The van der Waals surface area contributed by atoms with Gasteiger partial charge >= 0.3 is 6.18 Å². The highest BCUT2D eigenvalue weighted by Crippen LogP contribution is 2.49. The number of benzene rings is 2. The smallest absolute Gasteiger partial charge is 0.416 e. The molecule has 3 rings (SSSR count). The summed E-state index contributed by atoms with van der Waals surface area (Å²) in [5.41, 5.74) is -0.0597. The van der Waals surface area contributed by atoms with Crippen molar-refractivity contribution in [1.82, 2.24) is 0 Å². The van der Waals surface area contributed by atoms with Crippen molar-refractivity contribution in [2.45, 2.75) is 13.1 Å². The lowest BCUT2D eigenvalue weighted by atomic mass is 10.1. The molecular weight excluding hydrogens is 363 g/mol. The van der Waals surface area contributed by atoms with E-state index < -0.39 is 11.7 Å². The molecule has 0 N–H and O–H groups in total. The van der Waals surface area contributed by atoms with Crippen LogP contribution in [0.4, 0.5) is 24.5 Å². The molecule has 1 heterocycles. The minimum atomic E-state index is -4.47. The van der Waals surface area contributed by atoms with Crippen LogP contribution in [-0.4, -0.2) is 5.91 Å². The topological polar surface area (TPSA) is 29.5 Å². The fourth-order valence-electron chi connectivity index (χ4n) is 2.30. The number of fused-ring (bicyclic) bond motifs is 2. The van der Waals surface area contributed by atoms with Gasteiger partial charge in [-0.25, -0.2) is 0 Å². The van der Waals surface area contributed by atoms with Gasteiger partial charge in [0.05, 0.1) is 16.9 Å². The maximum absolute atomic E-state index is 12.8. The second-order valence-corrected chi connectivity index (χ2v) is 5.66. The third kappa shape index (κ3) is 2.45. The summed E-state index contributed by atoms with van der Waals surface area (Å²) >= 11 is 3.30. The number of hydrogen-bond acceptors (Lipinski definition) is 2. The molecule has 1 aliphatic heterocycles. The van der Waals surface area contributed by atoms with Crippen LogP contribution in [0.5, 0.6) is 11.5 Å². The minimum Gasteiger partial charge on any atom is -0.453 e. The van der Waals surface area contributed by atoms with Crippen molar-refractivity contribution >= 4 is 33.2 Å². The first-order valence-electron chi connectivity index (χ1n) is 6.27. The Balaban J connectivity index is 2.18. The number of ether oxygens (including phenoxy) is 1. The maximum atomic E-state index is 12.8. The number of anilines is 2. The van der Waals surface area contributed by atoms with Gasteiger partial charge in [0.1, 0.15) is 0 Å². The molecule has 0 spiro atoms. The fourth-order valence-corrected chi connectivity index (χ4v) is 2.64. The molecule has 0 aromatic heterocycles. The molecular formula is C15H9BrF3NO2. The van der Waals surface area contributed by atoms with Gasteiger partial charge in [0.25, 0.3) is 0 Å². The molecule has 0 unspecified atom stereocenters. The summed E-state index contributed by atoms with van der Waals surface area (Å²) in [5.74, 6) is 0.00808. The Morgan fingerprint density at radius 2 is 1.82 bits per heavy atom. The normalized spacial score (nSPS) is 13.2. The number of carbonyl (C=O) groups excluding carboxylic acids is 1. The number of alkyl halides is 3. The van der Waals surface area contributed by atoms with Gasteiger partial charge in [-0.15, -0.1) is 0 Å². The number of nitrogens with zero attached hydrogens (tertiary/aromatic N) is 1. The first-order valence-corrected chi connectivity index (χ1v) is 7.06. The molecule has 0 radical (unpaired) electrons. The van der Waals surface area contributed by atoms with E-state index in [1.807, 2.05) is 0 Å². The average molecular weight is 372 g/mol. The zero-order valence-electron chi connectivity index (χ0n) is 11.2. The largest absolute Gasteiger partial charge is 0.453 e. The highest BCUT2D eigenvalue weighted by atomic mass is 79.9. The summed E-state index contributed by atoms with van der Waals surface area (Å²) in [5, 5.41) is 0. The van der Waals surface area contributed by atoms with Crippen molar-refractivity contribution < 1.29 is 22.7 Å². The van der Waals surface area contributed by atoms with Crippen molar-refractivity contribution in [2.75, 3.05) is 4.90 Å². The first-order chi connectivity index (χ1) is 10.3. The van der Waals surface area contributed by atoms with Crippen LogP contribution in [0.1, 0.15) is 12.5 Å². The molecule has 0 atom stereocenters. The van der Waals surface area contributed by atoms with E-state index in [4.69, 9.17) is 4.74 Å². The minimum absolute atomic E-state index is 0.000141. The fraction of sp³-hybridized carbons (Fsp3) is 0.133. The number of halogens is 4. The number of hydrogen-bond donors (Lipinski definition) is 0. The van der Waals surface area contributed by atoms with Crippen LogP contribution in [0.2, 0.25) is 0 Å². The Morgan fingerprint density at radius 1 is 1.09 bits per heavy atom. The Morgan fingerprint density at radius 3 is 2.45 bits per heavy atom. The standard InChI is InChI=1S/C15H9BrF3NO2/c1-8(21)20-11-4-2-9(15(17,18)19)6-14(11)22-13-5-3-10(16)7-12(13)20/h2-7H,1H3. The molecule has 0 bridgehead atoms. The number of amides is 1. The van der Waals surface area contributed by atoms with Gasteiger partial charge in [0.2, 0.25) is 5.91 Å². The van der Waals surface area contributed by atoms with Crippen molar-refractivity contribution in [3.8, 4) is 11.5 Å². The summed E-state index contributed by atoms with van der Waals surface area (Å²) in [6, 6.07) is 8.03. The van der Waals surface area contributed by atoms with Crippen molar-refractivity contribution in [1.29, 1.82) is 0 Å². The second-order valence-electron chi connectivity index (χ2n) is 4.75. The Bertz CT molecular complexity index is 774. The SMILES string of the molecule is CC(=O)N1c2ccc(C(F)(F)F)cc2Oc2ccc(Br)cc21. The Hall–Kier alpha value is -2.02. The molecule has 3 nitrogen and oxygen atoms in total. The monoisotopic (exact) mass is 371 g/mol. The first kappa shape index (κ1) is 14.9. The van der Waals surface area contributed by atoms with Gasteiger partial charge in [-0.05, 0) is 36.4 Å². The van der Waals surface area contributed by atoms with Gasteiger partial charge < -0.3 is 4.74 Å². The molecule has 1 amide bonds. The van der Waals surface area contributed by atoms with Gasteiger partial charge in [0.15, 0.2) is 11.5 Å². The molecule has 2 aromatic rings. The number of rotatable bonds is 0. The van der Waals surface area contributed by atoms with Crippen LogP contribution in [0.3, 0.4) is 0 Å². The second kappa shape index (κ2) is 5.01. The van der Waals surface area contributed by atoms with E-state index in [9.17, 15) is 18.0 Å². The summed E-state index contributed by atoms with van der Waals surface area (Å²) < 4.78 is 44.7. The molecule has 114 valence electrons. The van der Waals surface area contributed by atoms with Crippen LogP contribution in [0.15, 0.2) is 40.9 Å². The Labute approximate surface area is 132 Å². The van der Waals surface area contributed by atoms with E-state index in [0.717, 1.165) is 16.6 Å². The van der Waals surface area contributed by atoms with E-state index in [2.05, 4.69) is 15.9 Å². The number of carbonyl (C=O) groups is 1. The van der Waals surface area contributed by atoms with Crippen LogP contribution < -0.4 is 9.64 Å². The van der Waals surface area contributed by atoms with Crippen molar-refractivity contribution in [3.63, 3.8) is 0 Å². The van der Waals surface area contributed by atoms with Crippen LogP contribution >= 0.6 is 15.9 Å². The molecule has 7 heteroatoms. The highest BCUT2D eigenvalue weighted by molar-refractivity contribution is 9.10. The lowest BCUT2D eigenvalue weighted by Gasteiger charge is -2.31. The van der Waals surface area contributed by atoms with E-state index in [0.29, 0.717) is 11.4 Å². The van der Waals surface area contributed by atoms with Gasteiger partial charge in [0, 0.05) is 11.4 Å². The summed E-state index contributed by atoms with van der Waals surface area (Å²) in [7, 11) is 0. The molecule has 0 saturated heterocycles. The molecule has 22 heavy (non-hydrogen) atoms. The van der Waals surface area contributed by atoms with Crippen molar-refractivity contribution in [2.24, 2.45) is 0 Å². The lowest BCUT2D eigenvalue weighted by Crippen LogP contribution is -2.26. The van der Waals surface area contributed by atoms with E-state index in [-0.39, 0.29) is 17.3 Å². The van der Waals surface area contributed by atoms with Gasteiger partial charge in [-0.3, -0.25) is 9.69 Å². The predicted octanol–water partition coefficient (Wildman–Crippen LogP) is 5.26. The van der Waals surface area contributed by atoms with E-state index in [1.54, 1.807) is 18.2 Å². The summed E-state index contributed by atoms with van der Waals surface area (Å²) in [6.45, 7) is 1.34. The summed E-state index contributed by atoms with van der Waals surface area (Å²) in [6.07, 6.45) is -4.47. The van der Waals surface area contributed by atoms with Crippen molar-refractivity contribution in [3.05, 3.63) is 46.4 Å². The average Bonchev–Trinajstić information content (AvgIpc) is 2.42. The Kier molecular flexibility index (Phi) is 3.40. The quantitative estimate of drug-likeness (QED) is 0.632. The molecule has 1 aliphatic rings. The van der Waals surface area contributed by atoms with Crippen LogP contribution in [-0.2, 0) is 11.0 Å². The zero-order valence-corrected chi connectivity index (χ0v) is 12.8. The predicted molar refractivity (Wildman–Crippen MR) is 78.5 cm³/mol. The van der Waals surface area contributed by atoms with Crippen LogP contribution in [0.25, 0.3) is 0 Å². The molecule has 2 aromatic carbocycles. The van der Waals surface area contributed by atoms with Gasteiger partial charge in [-0.2, -0.15) is 13.2 Å². The molecule has 0 saturated carbocycles. The highest BCUT2D eigenvalue weighted by Gasteiger charge is 2.34. The third-order valence-electron chi connectivity index (χ3n) is 3.22. The zero-order chi connectivity index (χ0) is 16.1. The van der Waals surface area contributed by atoms with Gasteiger partial charge in [-0.1, -0.05) is 15.9 Å². The van der Waals surface area contributed by atoms with E-state index >= 15 is 0 Å². The lowest BCUT2D eigenvalue weighted by molar-refractivity contribution is -0.137. The molecule has 0 fully saturated rings. The third-order valence-corrected chi connectivity index (χ3v) is 3.72. The summed E-state index contributed by atoms with van der Waals surface area (Å²) in [4.78, 5) is 13.3. The van der Waals surface area contributed by atoms with Crippen LogP contribution in [0, 0.1) is 0 Å². The maximum Gasteiger partial charge on any atom is 0.416 e. The molecule has 0 aliphatic carbocycles.